The maximum absolute atomic E-state index is 13.1. The fourth-order valence-electron chi connectivity index (χ4n) is 1.89. The minimum atomic E-state index is -1.12. The second kappa shape index (κ2) is 7.07. The molecule has 0 spiro atoms. The molecule has 1 amide bonds. The lowest BCUT2D eigenvalue weighted by molar-refractivity contribution is -0.112. The van der Waals surface area contributed by atoms with Crippen molar-refractivity contribution in [3.8, 4) is 0 Å². The topological polar surface area (TPSA) is 66.4 Å². The van der Waals surface area contributed by atoms with Gasteiger partial charge in [-0.1, -0.05) is 23.7 Å². The third kappa shape index (κ3) is 4.40. The number of rotatable bonds is 4. The normalized spacial score (nSPS) is 11.2. The lowest BCUT2D eigenvalue weighted by Crippen LogP contribution is -2.13. The van der Waals surface area contributed by atoms with Crippen LogP contribution in [-0.2, 0) is 4.79 Å². The molecule has 23 heavy (non-hydrogen) atoms. The van der Waals surface area contributed by atoms with Gasteiger partial charge in [0, 0.05) is 5.57 Å². The number of carboxylic acids is 1. The number of nitrogens with one attached hydrogen (secondary N) is 1. The minimum absolute atomic E-state index is 0.0106. The molecule has 0 heterocycles. The average molecular weight is 334 g/mol. The number of carbonyl (C=O) groups is 2. The third-order valence-electron chi connectivity index (χ3n) is 3.05. The largest absolute Gasteiger partial charge is 0.478 e. The highest BCUT2D eigenvalue weighted by Crippen LogP contribution is 2.24. The first-order valence-electron chi connectivity index (χ1n) is 6.65. The first-order chi connectivity index (χ1) is 10.9. The van der Waals surface area contributed by atoms with Gasteiger partial charge >= 0.3 is 5.97 Å². The average Bonchev–Trinajstić information content (AvgIpc) is 2.49. The maximum atomic E-state index is 13.1. The van der Waals surface area contributed by atoms with Crippen LogP contribution >= 0.6 is 11.6 Å². The van der Waals surface area contributed by atoms with Crippen LogP contribution in [0.4, 0.5) is 10.1 Å². The molecule has 2 aromatic carbocycles. The van der Waals surface area contributed by atoms with Crippen LogP contribution in [-0.4, -0.2) is 17.0 Å². The van der Waals surface area contributed by atoms with E-state index in [1.54, 1.807) is 19.1 Å². The van der Waals surface area contributed by atoms with Gasteiger partial charge in [-0.25, -0.2) is 9.18 Å². The summed E-state index contributed by atoms with van der Waals surface area (Å²) in [6.45, 7) is 1.56. The third-order valence-corrected chi connectivity index (χ3v) is 3.38. The Bertz CT molecular complexity index is 802. The molecule has 0 bridgehead atoms. The Labute approximate surface area is 137 Å². The molecule has 0 fully saturated rings. The summed E-state index contributed by atoms with van der Waals surface area (Å²) in [5, 5.41) is 11.7. The zero-order valence-corrected chi connectivity index (χ0v) is 12.9. The van der Waals surface area contributed by atoms with E-state index >= 15 is 0 Å². The summed E-state index contributed by atoms with van der Waals surface area (Å²) < 4.78 is 13.1. The number of benzene rings is 2. The lowest BCUT2D eigenvalue weighted by atomic mass is 10.1. The zero-order chi connectivity index (χ0) is 17.0. The number of hydrogen-bond donors (Lipinski definition) is 2. The molecule has 0 aliphatic rings. The zero-order valence-electron chi connectivity index (χ0n) is 12.1. The summed E-state index contributed by atoms with van der Waals surface area (Å²) in [6.07, 6.45) is 1.52. The van der Waals surface area contributed by atoms with E-state index in [-0.39, 0.29) is 16.3 Å². The van der Waals surface area contributed by atoms with Crippen LogP contribution in [0.1, 0.15) is 22.8 Å². The Hall–Kier alpha value is -2.66. The van der Waals surface area contributed by atoms with E-state index in [4.69, 9.17) is 16.7 Å². The summed E-state index contributed by atoms with van der Waals surface area (Å²) in [4.78, 5) is 23.1. The molecule has 0 radical (unpaired) electrons. The molecule has 118 valence electrons. The molecule has 2 aromatic rings. The maximum Gasteiger partial charge on any atom is 0.335 e. The molecule has 4 nitrogen and oxygen atoms in total. The summed E-state index contributed by atoms with van der Waals surface area (Å²) in [5.74, 6) is -1.98. The smallest absolute Gasteiger partial charge is 0.335 e. The molecule has 0 unspecified atom stereocenters. The molecule has 0 aliphatic heterocycles. The SMILES string of the molecule is CC(=Cc1cccc(F)c1)C(=O)Nc1cc(C(=O)O)ccc1Cl. The van der Waals surface area contributed by atoms with Gasteiger partial charge < -0.3 is 10.4 Å². The number of anilines is 1. The van der Waals surface area contributed by atoms with Crippen molar-refractivity contribution in [2.45, 2.75) is 6.92 Å². The van der Waals surface area contributed by atoms with Crippen molar-refractivity contribution in [2.24, 2.45) is 0 Å². The molecule has 0 atom stereocenters. The molecule has 0 aromatic heterocycles. The van der Waals surface area contributed by atoms with Gasteiger partial charge in [-0.2, -0.15) is 0 Å². The molecular weight excluding hydrogens is 321 g/mol. The minimum Gasteiger partial charge on any atom is -0.478 e. The van der Waals surface area contributed by atoms with Crippen molar-refractivity contribution in [3.05, 3.63) is 70.0 Å². The molecule has 0 saturated heterocycles. The van der Waals surface area contributed by atoms with Crippen LogP contribution in [0.2, 0.25) is 5.02 Å². The Morgan fingerprint density at radius 2 is 1.96 bits per heavy atom. The predicted molar refractivity (Wildman–Crippen MR) is 87.1 cm³/mol. The van der Waals surface area contributed by atoms with Gasteiger partial charge in [-0.15, -0.1) is 0 Å². The van der Waals surface area contributed by atoms with Crippen molar-refractivity contribution >= 4 is 35.2 Å². The van der Waals surface area contributed by atoms with Gasteiger partial charge in [-0.05, 0) is 48.9 Å². The van der Waals surface area contributed by atoms with Crippen molar-refractivity contribution in [3.63, 3.8) is 0 Å². The van der Waals surface area contributed by atoms with E-state index in [0.717, 1.165) is 0 Å². The fourth-order valence-corrected chi connectivity index (χ4v) is 2.05. The number of aromatic carboxylic acids is 1. The van der Waals surface area contributed by atoms with Gasteiger partial charge in [0.2, 0.25) is 0 Å². The van der Waals surface area contributed by atoms with Crippen LogP contribution in [0.15, 0.2) is 48.0 Å². The summed E-state index contributed by atoms with van der Waals surface area (Å²) >= 11 is 5.95. The van der Waals surface area contributed by atoms with Gasteiger partial charge in [0.25, 0.3) is 5.91 Å². The number of carbonyl (C=O) groups excluding carboxylic acids is 1. The quantitative estimate of drug-likeness (QED) is 0.823. The number of hydrogen-bond acceptors (Lipinski definition) is 2. The Kier molecular flexibility index (Phi) is 5.13. The Balaban J connectivity index is 2.21. The van der Waals surface area contributed by atoms with E-state index in [0.29, 0.717) is 11.1 Å². The van der Waals surface area contributed by atoms with Crippen molar-refractivity contribution in [2.75, 3.05) is 5.32 Å². The molecule has 6 heteroatoms. The molecule has 0 aliphatic carbocycles. The van der Waals surface area contributed by atoms with E-state index in [1.165, 1.54) is 36.4 Å². The highest BCUT2D eigenvalue weighted by atomic mass is 35.5. The van der Waals surface area contributed by atoms with Crippen LogP contribution in [0, 0.1) is 5.82 Å². The van der Waals surface area contributed by atoms with Gasteiger partial charge in [-0.3, -0.25) is 4.79 Å². The van der Waals surface area contributed by atoms with Crippen LogP contribution in [0.3, 0.4) is 0 Å². The predicted octanol–water partition coefficient (Wildman–Crippen LogP) is 4.22. The standard InChI is InChI=1S/C17H13ClFNO3/c1-10(7-11-3-2-4-13(19)8-11)16(21)20-15-9-12(17(22)23)5-6-14(15)18/h2-9H,1H3,(H,20,21)(H,22,23). The van der Waals surface area contributed by atoms with E-state index < -0.39 is 17.7 Å². The van der Waals surface area contributed by atoms with Crippen LogP contribution < -0.4 is 5.32 Å². The molecule has 0 saturated carbocycles. The molecular formula is C17H13ClFNO3. The Morgan fingerprint density at radius 1 is 1.22 bits per heavy atom. The van der Waals surface area contributed by atoms with Gasteiger partial charge in [0.15, 0.2) is 0 Å². The van der Waals surface area contributed by atoms with Crippen LogP contribution in [0.5, 0.6) is 0 Å². The second-order valence-corrected chi connectivity index (χ2v) is 5.24. The van der Waals surface area contributed by atoms with E-state index in [1.807, 2.05) is 0 Å². The van der Waals surface area contributed by atoms with Gasteiger partial charge in [0.1, 0.15) is 5.82 Å². The number of carboxylic acid groups (broad SMARTS) is 1. The second-order valence-electron chi connectivity index (χ2n) is 4.84. The van der Waals surface area contributed by atoms with Crippen molar-refractivity contribution in [1.29, 1.82) is 0 Å². The van der Waals surface area contributed by atoms with Gasteiger partial charge in [0.05, 0.1) is 16.3 Å². The lowest BCUT2D eigenvalue weighted by Gasteiger charge is -2.08. The van der Waals surface area contributed by atoms with Crippen LogP contribution in [0.25, 0.3) is 6.08 Å². The number of amides is 1. The Morgan fingerprint density at radius 3 is 2.61 bits per heavy atom. The highest BCUT2D eigenvalue weighted by Gasteiger charge is 2.11. The fraction of sp³-hybridized carbons (Fsp3) is 0.0588. The molecule has 2 rings (SSSR count). The van der Waals surface area contributed by atoms with E-state index in [2.05, 4.69) is 5.32 Å². The monoisotopic (exact) mass is 333 g/mol. The van der Waals surface area contributed by atoms with E-state index in [9.17, 15) is 14.0 Å². The first-order valence-corrected chi connectivity index (χ1v) is 7.02. The summed E-state index contributed by atoms with van der Waals surface area (Å²) in [6, 6.07) is 9.83. The van der Waals surface area contributed by atoms with Crippen molar-refractivity contribution < 1.29 is 19.1 Å². The summed E-state index contributed by atoms with van der Waals surface area (Å²) in [7, 11) is 0. The molecule has 2 N–H and O–H groups in total. The first kappa shape index (κ1) is 16.7. The number of halogens is 2. The summed E-state index contributed by atoms with van der Waals surface area (Å²) in [5.41, 5.74) is 1.08. The van der Waals surface area contributed by atoms with Crippen molar-refractivity contribution in [1.82, 2.24) is 0 Å². The highest BCUT2D eigenvalue weighted by molar-refractivity contribution is 6.34.